The van der Waals surface area contributed by atoms with E-state index in [-0.39, 0.29) is 18.3 Å². The minimum absolute atomic E-state index is 0.196. The maximum absolute atomic E-state index is 11.7. The lowest BCUT2D eigenvalue weighted by Crippen LogP contribution is -2.09. The van der Waals surface area contributed by atoms with Crippen LogP contribution in [0.3, 0.4) is 0 Å². The molecule has 1 atom stereocenters. The van der Waals surface area contributed by atoms with Crippen molar-refractivity contribution in [2.24, 2.45) is 0 Å². The second-order valence-electron chi connectivity index (χ2n) is 4.29. The van der Waals surface area contributed by atoms with Gasteiger partial charge in [-0.2, -0.15) is 5.26 Å². The molecule has 0 radical (unpaired) electrons. The Morgan fingerprint density at radius 2 is 2.05 bits per heavy atom. The summed E-state index contributed by atoms with van der Waals surface area (Å²) < 4.78 is 5.13. The first-order chi connectivity index (χ1) is 9.79. The lowest BCUT2D eigenvalue weighted by molar-refractivity contribution is -0.134. The van der Waals surface area contributed by atoms with Crippen molar-refractivity contribution in [1.29, 1.82) is 5.26 Å². The fourth-order valence-electron chi connectivity index (χ4n) is 1.84. The van der Waals surface area contributed by atoms with E-state index in [0.717, 1.165) is 5.56 Å². The van der Waals surface area contributed by atoms with E-state index in [4.69, 9.17) is 10.00 Å². The highest BCUT2D eigenvalue weighted by molar-refractivity contribution is 5.72. The molecule has 20 heavy (non-hydrogen) atoms. The first-order valence-electron chi connectivity index (χ1n) is 6.35. The van der Waals surface area contributed by atoms with Gasteiger partial charge in [-0.3, -0.25) is 9.78 Å². The predicted octanol–water partition coefficient (Wildman–Crippen LogP) is 3.07. The fourth-order valence-corrected chi connectivity index (χ4v) is 1.84. The minimum atomic E-state index is -0.353. The third-order valence-corrected chi connectivity index (χ3v) is 2.86. The van der Waals surface area contributed by atoms with Crippen molar-refractivity contribution in [2.45, 2.75) is 18.8 Å². The highest BCUT2D eigenvalue weighted by Crippen LogP contribution is 2.20. The summed E-state index contributed by atoms with van der Waals surface area (Å²) >= 11 is 0. The van der Waals surface area contributed by atoms with Crippen LogP contribution in [0, 0.1) is 11.3 Å². The number of hydrogen-bond acceptors (Lipinski definition) is 4. The SMILES string of the molecule is N#CC(CCC(=O)Oc1cccnc1)c1ccccc1. The van der Waals surface area contributed by atoms with Crippen molar-refractivity contribution >= 4 is 5.97 Å². The van der Waals surface area contributed by atoms with Crippen molar-refractivity contribution in [3.63, 3.8) is 0 Å². The summed E-state index contributed by atoms with van der Waals surface area (Å²) in [4.78, 5) is 15.6. The summed E-state index contributed by atoms with van der Waals surface area (Å²) in [5.74, 6) is -0.224. The summed E-state index contributed by atoms with van der Waals surface area (Å²) in [7, 11) is 0. The lowest BCUT2D eigenvalue weighted by Gasteiger charge is -2.09. The van der Waals surface area contributed by atoms with Crippen LogP contribution in [0.4, 0.5) is 0 Å². The number of rotatable bonds is 5. The summed E-state index contributed by atoms with van der Waals surface area (Å²) in [5.41, 5.74) is 0.921. The quantitative estimate of drug-likeness (QED) is 0.780. The van der Waals surface area contributed by atoms with Crippen molar-refractivity contribution < 1.29 is 9.53 Å². The van der Waals surface area contributed by atoms with E-state index in [9.17, 15) is 4.79 Å². The molecule has 1 heterocycles. The molecule has 1 unspecified atom stereocenters. The normalized spacial score (nSPS) is 11.3. The zero-order valence-electron chi connectivity index (χ0n) is 10.9. The molecule has 2 rings (SSSR count). The van der Waals surface area contributed by atoms with Gasteiger partial charge in [0.1, 0.15) is 5.75 Å². The molecule has 0 aliphatic carbocycles. The molecule has 0 spiro atoms. The first-order valence-corrected chi connectivity index (χ1v) is 6.35. The van der Waals surface area contributed by atoms with Crippen LogP contribution in [0.1, 0.15) is 24.3 Å². The average Bonchev–Trinajstić information content (AvgIpc) is 2.50. The third-order valence-electron chi connectivity index (χ3n) is 2.86. The van der Waals surface area contributed by atoms with Crippen LogP contribution in [0.5, 0.6) is 5.75 Å². The van der Waals surface area contributed by atoms with Gasteiger partial charge in [0.2, 0.25) is 0 Å². The maximum Gasteiger partial charge on any atom is 0.311 e. The van der Waals surface area contributed by atoms with E-state index in [0.29, 0.717) is 12.2 Å². The van der Waals surface area contributed by atoms with Gasteiger partial charge in [0.15, 0.2) is 0 Å². The Labute approximate surface area is 117 Å². The van der Waals surface area contributed by atoms with Gasteiger partial charge in [-0.15, -0.1) is 0 Å². The predicted molar refractivity (Wildman–Crippen MR) is 73.9 cm³/mol. The van der Waals surface area contributed by atoms with Gasteiger partial charge in [0.25, 0.3) is 0 Å². The zero-order chi connectivity index (χ0) is 14.2. The molecule has 100 valence electrons. The van der Waals surface area contributed by atoms with Gasteiger partial charge in [0.05, 0.1) is 18.2 Å². The van der Waals surface area contributed by atoms with E-state index in [2.05, 4.69) is 11.1 Å². The topological polar surface area (TPSA) is 63.0 Å². The summed E-state index contributed by atoms with van der Waals surface area (Å²) in [6.07, 6.45) is 3.73. The van der Waals surface area contributed by atoms with Gasteiger partial charge < -0.3 is 4.74 Å². The molecular formula is C16H14N2O2. The Bertz CT molecular complexity index is 591. The number of ether oxygens (including phenoxy) is 1. The van der Waals surface area contributed by atoms with Crippen molar-refractivity contribution in [1.82, 2.24) is 4.98 Å². The van der Waals surface area contributed by atoms with Gasteiger partial charge in [-0.1, -0.05) is 30.3 Å². The number of nitriles is 1. The third kappa shape index (κ3) is 3.92. The van der Waals surface area contributed by atoms with Crippen LogP contribution >= 0.6 is 0 Å². The lowest BCUT2D eigenvalue weighted by atomic mass is 9.96. The summed E-state index contributed by atoms with van der Waals surface area (Å²) in [6, 6.07) is 15.0. The molecule has 0 amide bonds. The minimum Gasteiger partial charge on any atom is -0.425 e. The van der Waals surface area contributed by atoms with Crippen LogP contribution in [0.25, 0.3) is 0 Å². The number of carbonyl (C=O) groups is 1. The Hall–Kier alpha value is -2.67. The summed E-state index contributed by atoms with van der Waals surface area (Å²) in [6.45, 7) is 0. The van der Waals surface area contributed by atoms with E-state index in [1.807, 2.05) is 30.3 Å². The Balaban J connectivity index is 1.88. The van der Waals surface area contributed by atoms with Crippen LogP contribution in [0.2, 0.25) is 0 Å². The molecule has 1 aromatic carbocycles. The number of benzene rings is 1. The summed E-state index contributed by atoms with van der Waals surface area (Å²) in [5, 5.41) is 9.17. The fraction of sp³-hybridized carbons (Fsp3) is 0.188. The van der Waals surface area contributed by atoms with E-state index in [1.54, 1.807) is 18.3 Å². The Morgan fingerprint density at radius 1 is 1.25 bits per heavy atom. The average molecular weight is 266 g/mol. The molecule has 0 bridgehead atoms. The molecule has 0 N–H and O–H groups in total. The van der Waals surface area contributed by atoms with Crippen LogP contribution in [-0.4, -0.2) is 11.0 Å². The highest BCUT2D eigenvalue weighted by Gasteiger charge is 2.13. The molecule has 0 fully saturated rings. The maximum atomic E-state index is 11.7. The number of pyridine rings is 1. The van der Waals surface area contributed by atoms with Crippen LogP contribution in [0.15, 0.2) is 54.9 Å². The molecule has 2 aromatic rings. The van der Waals surface area contributed by atoms with Gasteiger partial charge in [-0.05, 0) is 24.1 Å². The number of carbonyl (C=O) groups excluding carboxylic acids is 1. The Kier molecular flexibility index (Phi) is 4.85. The van der Waals surface area contributed by atoms with Crippen molar-refractivity contribution in [3.05, 3.63) is 60.4 Å². The van der Waals surface area contributed by atoms with Crippen molar-refractivity contribution in [3.8, 4) is 11.8 Å². The number of nitrogens with zero attached hydrogens (tertiary/aromatic N) is 2. The smallest absolute Gasteiger partial charge is 0.311 e. The van der Waals surface area contributed by atoms with Crippen LogP contribution in [-0.2, 0) is 4.79 Å². The molecule has 1 aromatic heterocycles. The Morgan fingerprint density at radius 3 is 2.70 bits per heavy atom. The molecule has 0 saturated heterocycles. The second kappa shape index (κ2) is 7.05. The largest absolute Gasteiger partial charge is 0.425 e. The number of aromatic nitrogens is 1. The monoisotopic (exact) mass is 266 g/mol. The number of esters is 1. The molecule has 4 heteroatoms. The zero-order valence-corrected chi connectivity index (χ0v) is 10.9. The highest BCUT2D eigenvalue weighted by atomic mass is 16.5. The van der Waals surface area contributed by atoms with E-state index < -0.39 is 0 Å². The molecule has 0 saturated carbocycles. The van der Waals surface area contributed by atoms with Crippen molar-refractivity contribution in [2.75, 3.05) is 0 Å². The van der Waals surface area contributed by atoms with Crippen LogP contribution < -0.4 is 4.74 Å². The van der Waals surface area contributed by atoms with E-state index in [1.165, 1.54) is 6.20 Å². The van der Waals surface area contributed by atoms with Gasteiger partial charge in [-0.25, -0.2) is 0 Å². The van der Waals surface area contributed by atoms with Gasteiger partial charge in [0, 0.05) is 12.6 Å². The second-order valence-corrected chi connectivity index (χ2v) is 4.29. The van der Waals surface area contributed by atoms with E-state index >= 15 is 0 Å². The standard InChI is InChI=1S/C16H14N2O2/c17-11-14(13-5-2-1-3-6-13)8-9-16(19)20-15-7-4-10-18-12-15/h1-7,10,12,14H,8-9H2. The molecular weight excluding hydrogens is 252 g/mol. The number of hydrogen-bond donors (Lipinski definition) is 0. The van der Waals surface area contributed by atoms with Gasteiger partial charge >= 0.3 is 5.97 Å². The first kappa shape index (κ1) is 13.8. The molecule has 0 aliphatic heterocycles. The molecule has 4 nitrogen and oxygen atoms in total. The molecule has 0 aliphatic rings.